The average Bonchev–Trinajstić information content (AvgIpc) is 2.85. The molecule has 0 saturated carbocycles. The van der Waals surface area contributed by atoms with E-state index in [9.17, 15) is 0 Å². The molecule has 0 spiro atoms. The standard InChI is InChI=1S/C10H14ClN3O/c1-7(2)14-6-12-5-10(14)9-3-8(4-11)15-13-9/h5-8H,3-4H2,1-2H3. The van der Waals surface area contributed by atoms with Crippen LogP contribution in [0.2, 0.25) is 0 Å². The third-order valence-electron chi connectivity index (χ3n) is 2.42. The summed E-state index contributed by atoms with van der Waals surface area (Å²) < 4.78 is 2.08. The van der Waals surface area contributed by atoms with E-state index in [1.165, 1.54) is 0 Å². The van der Waals surface area contributed by atoms with Gasteiger partial charge in [0, 0.05) is 12.5 Å². The minimum absolute atomic E-state index is 0.0113. The number of oxime groups is 1. The van der Waals surface area contributed by atoms with Gasteiger partial charge in [0.25, 0.3) is 0 Å². The molecule has 1 unspecified atom stereocenters. The summed E-state index contributed by atoms with van der Waals surface area (Å²) in [5.41, 5.74) is 1.96. The van der Waals surface area contributed by atoms with E-state index < -0.39 is 0 Å². The summed E-state index contributed by atoms with van der Waals surface area (Å²) in [4.78, 5) is 9.32. The molecule has 4 nitrogen and oxygen atoms in total. The Morgan fingerprint density at radius 1 is 1.67 bits per heavy atom. The minimum Gasteiger partial charge on any atom is -0.391 e. The van der Waals surface area contributed by atoms with Gasteiger partial charge in [-0.2, -0.15) is 0 Å². The van der Waals surface area contributed by atoms with Crippen LogP contribution in [0.5, 0.6) is 0 Å². The fraction of sp³-hybridized carbons (Fsp3) is 0.600. The zero-order valence-corrected chi connectivity index (χ0v) is 9.61. The second kappa shape index (κ2) is 4.23. The van der Waals surface area contributed by atoms with Gasteiger partial charge in [-0.3, -0.25) is 0 Å². The molecule has 0 saturated heterocycles. The molecule has 5 heteroatoms. The zero-order chi connectivity index (χ0) is 10.8. The number of halogens is 1. The molecule has 0 N–H and O–H groups in total. The number of imidazole rings is 1. The highest BCUT2D eigenvalue weighted by Gasteiger charge is 2.23. The van der Waals surface area contributed by atoms with Crippen molar-refractivity contribution in [1.82, 2.24) is 9.55 Å². The summed E-state index contributed by atoms with van der Waals surface area (Å²) in [5.74, 6) is 0.475. The van der Waals surface area contributed by atoms with Crippen molar-refractivity contribution in [2.75, 3.05) is 5.88 Å². The van der Waals surface area contributed by atoms with Crippen molar-refractivity contribution < 1.29 is 4.84 Å². The SMILES string of the molecule is CC(C)n1cncc1C1=NOC(CCl)C1. The van der Waals surface area contributed by atoms with Gasteiger partial charge < -0.3 is 9.40 Å². The number of nitrogens with zero attached hydrogens (tertiary/aromatic N) is 3. The fourth-order valence-corrected chi connectivity index (χ4v) is 1.77. The normalized spacial score (nSPS) is 20.5. The van der Waals surface area contributed by atoms with E-state index in [-0.39, 0.29) is 6.10 Å². The van der Waals surface area contributed by atoms with Crippen LogP contribution in [-0.2, 0) is 4.84 Å². The molecular weight excluding hydrogens is 214 g/mol. The first kappa shape index (κ1) is 10.5. The van der Waals surface area contributed by atoms with Crippen molar-refractivity contribution in [1.29, 1.82) is 0 Å². The van der Waals surface area contributed by atoms with Crippen LogP contribution in [0, 0.1) is 0 Å². The first-order chi connectivity index (χ1) is 7.22. The van der Waals surface area contributed by atoms with E-state index in [0.717, 1.165) is 17.8 Å². The molecule has 0 radical (unpaired) electrons. The summed E-state index contributed by atoms with van der Waals surface area (Å²) in [7, 11) is 0. The number of hydrogen-bond acceptors (Lipinski definition) is 3. The summed E-state index contributed by atoms with van der Waals surface area (Å²) in [6.07, 6.45) is 4.41. The summed E-state index contributed by atoms with van der Waals surface area (Å²) in [5, 5.41) is 4.04. The maximum Gasteiger partial charge on any atom is 0.146 e. The maximum absolute atomic E-state index is 5.72. The molecule has 1 aliphatic rings. The average molecular weight is 228 g/mol. The molecule has 15 heavy (non-hydrogen) atoms. The van der Waals surface area contributed by atoms with Crippen LogP contribution in [0.3, 0.4) is 0 Å². The second-order valence-corrected chi connectivity index (χ2v) is 4.21. The Balaban J connectivity index is 2.20. The Kier molecular flexibility index (Phi) is 2.95. The number of alkyl halides is 1. The smallest absolute Gasteiger partial charge is 0.146 e. The number of aromatic nitrogens is 2. The van der Waals surface area contributed by atoms with E-state index in [1.54, 1.807) is 0 Å². The van der Waals surface area contributed by atoms with Gasteiger partial charge in [-0.1, -0.05) is 5.16 Å². The van der Waals surface area contributed by atoms with Crippen LogP contribution in [-0.4, -0.2) is 27.2 Å². The predicted octanol–water partition coefficient (Wildman–Crippen LogP) is 2.20. The Morgan fingerprint density at radius 2 is 2.47 bits per heavy atom. The monoisotopic (exact) mass is 227 g/mol. The largest absolute Gasteiger partial charge is 0.391 e. The lowest BCUT2D eigenvalue weighted by Gasteiger charge is -2.10. The summed E-state index contributed by atoms with van der Waals surface area (Å²) in [6, 6.07) is 0.375. The highest BCUT2D eigenvalue weighted by atomic mass is 35.5. The molecule has 82 valence electrons. The van der Waals surface area contributed by atoms with Crippen LogP contribution >= 0.6 is 11.6 Å². The van der Waals surface area contributed by atoms with Crippen LogP contribution in [0.1, 0.15) is 32.0 Å². The molecule has 1 atom stereocenters. The highest BCUT2D eigenvalue weighted by molar-refractivity contribution is 6.18. The molecule has 0 bridgehead atoms. The van der Waals surface area contributed by atoms with Gasteiger partial charge in [0.15, 0.2) is 0 Å². The van der Waals surface area contributed by atoms with Gasteiger partial charge in [-0.05, 0) is 13.8 Å². The third-order valence-corrected chi connectivity index (χ3v) is 2.77. The lowest BCUT2D eigenvalue weighted by molar-refractivity contribution is 0.102. The molecule has 0 aliphatic carbocycles. The van der Waals surface area contributed by atoms with Gasteiger partial charge in [-0.25, -0.2) is 4.98 Å². The molecule has 1 aliphatic heterocycles. The molecule has 0 amide bonds. The van der Waals surface area contributed by atoms with Crippen LogP contribution in [0.4, 0.5) is 0 Å². The number of rotatable bonds is 3. The van der Waals surface area contributed by atoms with Crippen LogP contribution in [0.25, 0.3) is 0 Å². The molecule has 2 rings (SSSR count). The van der Waals surface area contributed by atoms with E-state index in [4.69, 9.17) is 16.4 Å². The summed E-state index contributed by atoms with van der Waals surface area (Å²) >= 11 is 5.72. The van der Waals surface area contributed by atoms with Gasteiger partial charge >= 0.3 is 0 Å². The highest BCUT2D eigenvalue weighted by Crippen LogP contribution is 2.19. The Bertz CT molecular complexity index is 372. The zero-order valence-electron chi connectivity index (χ0n) is 8.85. The molecule has 1 aromatic rings. The van der Waals surface area contributed by atoms with Crippen molar-refractivity contribution >= 4 is 17.3 Å². The van der Waals surface area contributed by atoms with Crippen molar-refractivity contribution in [3.8, 4) is 0 Å². The van der Waals surface area contributed by atoms with Crippen molar-refractivity contribution in [3.63, 3.8) is 0 Å². The quantitative estimate of drug-likeness (QED) is 0.743. The predicted molar refractivity (Wildman–Crippen MR) is 59.4 cm³/mol. The van der Waals surface area contributed by atoms with E-state index in [1.807, 2.05) is 12.5 Å². The van der Waals surface area contributed by atoms with Gasteiger partial charge in [0.1, 0.15) is 11.8 Å². The lowest BCUT2D eigenvalue weighted by atomic mass is 10.1. The minimum atomic E-state index is 0.0113. The topological polar surface area (TPSA) is 39.4 Å². The molecular formula is C10H14ClN3O. The van der Waals surface area contributed by atoms with Crippen molar-refractivity contribution in [2.24, 2.45) is 5.16 Å². The molecule has 1 aromatic heterocycles. The fourth-order valence-electron chi connectivity index (χ4n) is 1.60. The summed E-state index contributed by atoms with van der Waals surface area (Å²) in [6.45, 7) is 4.22. The first-order valence-corrected chi connectivity index (χ1v) is 5.56. The first-order valence-electron chi connectivity index (χ1n) is 5.03. The second-order valence-electron chi connectivity index (χ2n) is 3.90. The third kappa shape index (κ3) is 2.00. The maximum atomic E-state index is 5.72. The van der Waals surface area contributed by atoms with Crippen LogP contribution < -0.4 is 0 Å². The van der Waals surface area contributed by atoms with E-state index in [0.29, 0.717) is 11.9 Å². The van der Waals surface area contributed by atoms with Gasteiger partial charge in [0.2, 0.25) is 0 Å². The number of hydrogen-bond donors (Lipinski definition) is 0. The molecule has 0 aromatic carbocycles. The van der Waals surface area contributed by atoms with Gasteiger partial charge in [0.05, 0.1) is 24.1 Å². The Hall–Kier alpha value is -1.03. The lowest BCUT2D eigenvalue weighted by Crippen LogP contribution is -2.13. The van der Waals surface area contributed by atoms with Crippen molar-refractivity contribution in [3.05, 3.63) is 18.2 Å². The van der Waals surface area contributed by atoms with E-state index in [2.05, 4.69) is 28.6 Å². The van der Waals surface area contributed by atoms with Crippen LogP contribution in [0.15, 0.2) is 17.7 Å². The Labute approximate surface area is 93.9 Å². The van der Waals surface area contributed by atoms with E-state index >= 15 is 0 Å². The molecule has 0 fully saturated rings. The Morgan fingerprint density at radius 3 is 3.07 bits per heavy atom. The van der Waals surface area contributed by atoms with Crippen molar-refractivity contribution in [2.45, 2.75) is 32.4 Å². The molecule has 2 heterocycles. The van der Waals surface area contributed by atoms with Gasteiger partial charge in [-0.15, -0.1) is 11.6 Å².